The number of carbonyl (C=O) groups excluding carboxylic acids is 1. The van der Waals surface area contributed by atoms with Gasteiger partial charge in [-0.25, -0.2) is 0 Å². The third-order valence-corrected chi connectivity index (χ3v) is 3.34. The quantitative estimate of drug-likeness (QED) is 0.502. The van der Waals surface area contributed by atoms with Gasteiger partial charge in [0.25, 0.3) is 0 Å². The Morgan fingerprint density at radius 2 is 2.43 bits per heavy atom. The van der Waals surface area contributed by atoms with Crippen LogP contribution in [-0.4, -0.2) is 53.0 Å². The maximum atomic E-state index is 11.8. The van der Waals surface area contributed by atoms with Crippen LogP contribution in [0.1, 0.15) is 0 Å². The first kappa shape index (κ1) is 8.46. The first-order valence-electron chi connectivity index (χ1n) is 4.58. The van der Waals surface area contributed by atoms with E-state index >= 15 is 0 Å². The van der Waals surface area contributed by atoms with Gasteiger partial charge in [-0.05, 0) is 0 Å². The average Bonchev–Trinajstić information content (AvgIpc) is 2.87. The molecule has 6 heteroatoms. The van der Waals surface area contributed by atoms with Gasteiger partial charge in [0.15, 0.2) is 11.3 Å². The van der Waals surface area contributed by atoms with Crippen molar-refractivity contribution in [2.45, 2.75) is 23.9 Å². The first-order chi connectivity index (χ1) is 6.70. The van der Waals surface area contributed by atoms with Crippen molar-refractivity contribution in [2.24, 2.45) is 16.1 Å². The maximum absolute atomic E-state index is 11.8. The summed E-state index contributed by atoms with van der Waals surface area (Å²) >= 11 is 0. The second-order valence-electron chi connectivity index (χ2n) is 3.99. The zero-order valence-electron chi connectivity index (χ0n) is 7.33. The molecule has 0 bridgehead atoms. The van der Waals surface area contributed by atoms with Crippen LogP contribution in [0.15, 0.2) is 10.2 Å². The van der Waals surface area contributed by atoms with Crippen molar-refractivity contribution in [2.75, 3.05) is 13.2 Å². The molecule has 6 nitrogen and oxygen atoms in total. The number of aliphatic hydroxyl groups is 2. The fourth-order valence-electron chi connectivity index (χ4n) is 2.40. The lowest BCUT2D eigenvalue weighted by Crippen LogP contribution is -2.57. The van der Waals surface area contributed by atoms with Crippen molar-refractivity contribution in [3.8, 4) is 0 Å². The van der Waals surface area contributed by atoms with Gasteiger partial charge in [0, 0.05) is 5.92 Å². The Bertz CT molecular complexity index is 331. The first-order valence-corrected chi connectivity index (χ1v) is 4.58. The number of aliphatic hydroxyl groups excluding tert-OH is 2. The van der Waals surface area contributed by atoms with Gasteiger partial charge < -0.3 is 14.9 Å². The van der Waals surface area contributed by atoms with Crippen LogP contribution < -0.4 is 0 Å². The molecule has 2 aliphatic heterocycles. The number of carbonyl (C=O) groups is 1. The minimum absolute atomic E-state index is 0.235. The number of azo groups is 1. The zero-order valence-corrected chi connectivity index (χ0v) is 7.33. The highest BCUT2D eigenvalue weighted by atomic mass is 16.6. The molecule has 3 rings (SSSR count). The summed E-state index contributed by atoms with van der Waals surface area (Å²) in [6.07, 6.45) is -1.71. The molecule has 1 saturated carbocycles. The molecule has 0 amide bonds. The van der Waals surface area contributed by atoms with Crippen molar-refractivity contribution in [3.05, 3.63) is 0 Å². The molecule has 5 atom stereocenters. The van der Waals surface area contributed by atoms with Gasteiger partial charge in [-0.1, -0.05) is 0 Å². The van der Waals surface area contributed by atoms with Gasteiger partial charge in [0.05, 0.1) is 19.3 Å². The van der Waals surface area contributed by atoms with Crippen molar-refractivity contribution in [1.82, 2.24) is 0 Å². The fraction of sp³-hybridized carbons (Fsp3) is 0.875. The van der Waals surface area contributed by atoms with E-state index in [-0.39, 0.29) is 5.78 Å². The molecule has 0 aromatic heterocycles. The maximum Gasteiger partial charge on any atom is 0.196 e. The number of ketones is 1. The summed E-state index contributed by atoms with van der Waals surface area (Å²) in [5.41, 5.74) is -1.23. The highest BCUT2D eigenvalue weighted by molar-refractivity contribution is 5.97. The molecule has 1 aliphatic carbocycles. The molecule has 14 heavy (non-hydrogen) atoms. The lowest BCUT2D eigenvalue weighted by molar-refractivity contribution is -0.131. The molecule has 2 heterocycles. The van der Waals surface area contributed by atoms with Crippen LogP contribution in [0.4, 0.5) is 0 Å². The van der Waals surface area contributed by atoms with Gasteiger partial charge in [-0.2, -0.15) is 10.2 Å². The second-order valence-corrected chi connectivity index (χ2v) is 3.99. The molecule has 1 saturated heterocycles. The van der Waals surface area contributed by atoms with E-state index in [0.717, 1.165) is 0 Å². The molecular formula is C8H10N2O4. The van der Waals surface area contributed by atoms with E-state index in [1.807, 2.05) is 0 Å². The summed E-state index contributed by atoms with van der Waals surface area (Å²) in [5, 5.41) is 26.6. The Morgan fingerprint density at radius 3 is 3.14 bits per heavy atom. The van der Waals surface area contributed by atoms with Gasteiger partial charge in [0.1, 0.15) is 12.2 Å². The zero-order chi connectivity index (χ0) is 9.92. The molecule has 0 aromatic rings. The third-order valence-electron chi connectivity index (χ3n) is 3.34. The lowest BCUT2D eigenvalue weighted by Gasteiger charge is -2.33. The molecule has 76 valence electrons. The Labute approximate surface area is 79.6 Å². The number of hydrogen-bond donors (Lipinski definition) is 2. The van der Waals surface area contributed by atoms with Crippen molar-refractivity contribution >= 4 is 5.78 Å². The Morgan fingerprint density at radius 1 is 1.64 bits per heavy atom. The molecule has 2 N–H and O–H groups in total. The third kappa shape index (κ3) is 0.749. The topological polar surface area (TPSA) is 94.8 Å². The van der Waals surface area contributed by atoms with Gasteiger partial charge >= 0.3 is 0 Å². The molecule has 3 aliphatic rings. The number of Topliss-reactive ketones (excluding diaryl/α,β-unsaturated/α-hetero) is 1. The number of nitrogens with zero attached hydrogens (tertiary/aromatic N) is 2. The van der Waals surface area contributed by atoms with Crippen LogP contribution in [0, 0.1) is 5.92 Å². The van der Waals surface area contributed by atoms with Crippen LogP contribution in [0.25, 0.3) is 0 Å². The summed E-state index contributed by atoms with van der Waals surface area (Å²) in [6.45, 7) is -0.107. The molecular weight excluding hydrogens is 188 g/mol. The second kappa shape index (κ2) is 2.39. The van der Waals surface area contributed by atoms with Crippen LogP contribution in [0.3, 0.4) is 0 Å². The van der Waals surface area contributed by atoms with E-state index in [1.54, 1.807) is 0 Å². The Balaban J connectivity index is 2.04. The minimum atomic E-state index is -1.23. The fourth-order valence-corrected chi connectivity index (χ4v) is 2.40. The number of fused-ring (bicyclic) bond motifs is 2. The van der Waals surface area contributed by atoms with E-state index in [2.05, 4.69) is 10.2 Å². The Kier molecular flexibility index (Phi) is 1.44. The summed E-state index contributed by atoms with van der Waals surface area (Å²) in [5.74, 6) is -0.648. The predicted molar refractivity (Wildman–Crippen MR) is 42.7 cm³/mol. The molecule has 5 unspecified atom stereocenters. The van der Waals surface area contributed by atoms with Crippen LogP contribution in [0.2, 0.25) is 0 Å². The van der Waals surface area contributed by atoms with E-state index in [4.69, 9.17) is 4.74 Å². The smallest absolute Gasteiger partial charge is 0.196 e. The number of hydrogen-bond acceptors (Lipinski definition) is 6. The number of ether oxygens (including phenoxy) is 1. The van der Waals surface area contributed by atoms with Crippen molar-refractivity contribution in [1.29, 1.82) is 0 Å². The molecule has 2 fully saturated rings. The summed E-state index contributed by atoms with van der Waals surface area (Å²) in [6, 6.07) is 0. The Hall–Kier alpha value is -0.850. The van der Waals surface area contributed by atoms with E-state index in [0.29, 0.717) is 6.54 Å². The molecule has 0 spiro atoms. The summed E-state index contributed by atoms with van der Waals surface area (Å²) in [4.78, 5) is 11.8. The number of rotatable bonds is 1. The molecule has 0 aromatic carbocycles. The monoisotopic (exact) mass is 198 g/mol. The standard InChI is InChI=1S/C8H10N2O4/c11-2-8-3(1-9-10-8)4(12)5-6(14-5)7(8)13/h3-6,11-12H,1-2H2. The normalized spacial score (nSPS) is 54.3. The largest absolute Gasteiger partial charge is 0.393 e. The van der Waals surface area contributed by atoms with Crippen LogP contribution in [-0.2, 0) is 9.53 Å². The SMILES string of the molecule is O=C1C2OC2C(O)C2CN=NC12CO. The minimum Gasteiger partial charge on any atom is -0.393 e. The summed E-state index contributed by atoms with van der Waals surface area (Å²) < 4.78 is 5.05. The number of epoxide rings is 1. The van der Waals surface area contributed by atoms with Crippen molar-refractivity contribution in [3.63, 3.8) is 0 Å². The average molecular weight is 198 g/mol. The van der Waals surface area contributed by atoms with E-state index in [9.17, 15) is 15.0 Å². The highest BCUT2D eigenvalue weighted by Crippen LogP contribution is 2.47. The highest BCUT2D eigenvalue weighted by Gasteiger charge is 2.68. The lowest BCUT2D eigenvalue weighted by atomic mass is 9.72. The molecule has 0 radical (unpaired) electrons. The van der Waals surface area contributed by atoms with Gasteiger partial charge in [-0.15, -0.1) is 0 Å². The van der Waals surface area contributed by atoms with Gasteiger partial charge in [0.2, 0.25) is 0 Å². The van der Waals surface area contributed by atoms with Gasteiger partial charge in [-0.3, -0.25) is 4.79 Å². The predicted octanol–water partition coefficient (Wildman–Crippen LogP) is -1.49. The van der Waals surface area contributed by atoms with Crippen LogP contribution >= 0.6 is 0 Å². The van der Waals surface area contributed by atoms with Crippen molar-refractivity contribution < 1.29 is 19.7 Å². The summed E-state index contributed by atoms with van der Waals surface area (Å²) in [7, 11) is 0. The van der Waals surface area contributed by atoms with E-state index < -0.39 is 36.4 Å². The van der Waals surface area contributed by atoms with E-state index in [1.165, 1.54) is 0 Å². The van der Waals surface area contributed by atoms with Crippen LogP contribution in [0.5, 0.6) is 0 Å².